The van der Waals surface area contributed by atoms with Gasteiger partial charge in [0.25, 0.3) is 5.91 Å². The van der Waals surface area contributed by atoms with E-state index in [2.05, 4.69) is 0 Å². The summed E-state index contributed by atoms with van der Waals surface area (Å²) in [6.45, 7) is 0. The minimum atomic E-state index is -4.57. The number of amides is 1. The zero-order valence-corrected chi connectivity index (χ0v) is 15.9. The topological polar surface area (TPSA) is 50.5 Å². The number of anilines is 1. The Hall–Kier alpha value is -3.87. The van der Waals surface area contributed by atoms with Crippen molar-refractivity contribution in [1.82, 2.24) is 0 Å². The molecule has 4 nitrogen and oxygen atoms in total. The summed E-state index contributed by atoms with van der Waals surface area (Å²) in [7, 11) is 0. The van der Waals surface area contributed by atoms with Gasteiger partial charge in [-0.3, -0.25) is 14.5 Å². The predicted molar refractivity (Wildman–Crippen MR) is 109 cm³/mol. The molecule has 1 amide bonds. The van der Waals surface area contributed by atoms with E-state index in [0.29, 0.717) is 10.9 Å². The van der Waals surface area contributed by atoms with Crippen molar-refractivity contribution in [2.45, 2.75) is 12.2 Å². The maximum Gasteiger partial charge on any atom is 0.416 e. The van der Waals surface area contributed by atoms with Gasteiger partial charge in [-0.2, -0.15) is 13.2 Å². The Morgan fingerprint density at radius 2 is 1.55 bits per heavy atom. The van der Waals surface area contributed by atoms with Crippen LogP contribution < -0.4 is 10.3 Å². The normalized spacial score (nSPS) is 16.0. The number of carbonyl (C=O) groups excluding carboxylic acids is 1. The van der Waals surface area contributed by atoms with Gasteiger partial charge >= 0.3 is 6.18 Å². The van der Waals surface area contributed by atoms with Crippen molar-refractivity contribution in [1.29, 1.82) is 0 Å². The van der Waals surface area contributed by atoms with Gasteiger partial charge in [0.1, 0.15) is 5.58 Å². The van der Waals surface area contributed by atoms with E-state index >= 15 is 0 Å². The summed E-state index contributed by atoms with van der Waals surface area (Å²) in [6.07, 6.45) is -4.57. The summed E-state index contributed by atoms with van der Waals surface area (Å²) >= 11 is 0. The van der Waals surface area contributed by atoms with Crippen molar-refractivity contribution in [3.05, 3.63) is 112 Å². The highest BCUT2D eigenvalue weighted by atomic mass is 19.4. The van der Waals surface area contributed by atoms with Gasteiger partial charge in [0.2, 0.25) is 5.76 Å². The molecular formula is C24H14F3NO3. The summed E-state index contributed by atoms with van der Waals surface area (Å²) < 4.78 is 45.7. The zero-order chi connectivity index (χ0) is 21.8. The molecule has 0 bridgehead atoms. The lowest BCUT2D eigenvalue weighted by Gasteiger charge is -2.26. The zero-order valence-electron chi connectivity index (χ0n) is 15.9. The first-order valence-corrected chi connectivity index (χ1v) is 9.48. The molecule has 0 N–H and O–H groups in total. The Labute approximate surface area is 174 Å². The minimum Gasteiger partial charge on any atom is -0.450 e. The molecule has 0 radical (unpaired) electrons. The smallest absolute Gasteiger partial charge is 0.416 e. The third-order valence-electron chi connectivity index (χ3n) is 5.34. The third-order valence-corrected chi connectivity index (χ3v) is 5.34. The Bertz CT molecular complexity index is 1380. The van der Waals surface area contributed by atoms with Gasteiger partial charge in [0, 0.05) is 5.69 Å². The molecule has 0 saturated heterocycles. The molecule has 2 heterocycles. The minimum absolute atomic E-state index is 0.0311. The van der Waals surface area contributed by atoms with Crippen LogP contribution in [0.4, 0.5) is 18.9 Å². The molecule has 0 fully saturated rings. The second kappa shape index (κ2) is 6.84. The number of fused-ring (bicyclic) bond motifs is 2. The van der Waals surface area contributed by atoms with Gasteiger partial charge < -0.3 is 4.42 Å². The Morgan fingerprint density at radius 1 is 0.839 bits per heavy atom. The summed E-state index contributed by atoms with van der Waals surface area (Å²) in [5, 5.41) is 0.306. The molecule has 0 spiro atoms. The number of halogens is 3. The van der Waals surface area contributed by atoms with E-state index in [-0.39, 0.29) is 28.0 Å². The molecule has 0 saturated carbocycles. The molecule has 5 rings (SSSR count). The van der Waals surface area contributed by atoms with Crippen LogP contribution in [0.3, 0.4) is 0 Å². The molecule has 0 aliphatic carbocycles. The first kappa shape index (κ1) is 19.1. The van der Waals surface area contributed by atoms with E-state index in [1.165, 1.54) is 17.0 Å². The fraction of sp³-hybridized carbons (Fsp3) is 0.0833. The van der Waals surface area contributed by atoms with E-state index in [0.717, 1.165) is 12.1 Å². The second-order valence-electron chi connectivity index (χ2n) is 7.21. The molecule has 4 aromatic rings. The van der Waals surface area contributed by atoms with Gasteiger partial charge in [-0.05, 0) is 35.9 Å². The fourth-order valence-corrected chi connectivity index (χ4v) is 3.97. The van der Waals surface area contributed by atoms with E-state index in [1.807, 2.05) is 0 Å². The molecule has 1 aromatic heterocycles. The first-order valence-electron chi connectivity index (χ1n) is 9.48. The maximum atomic E-state index is 13.3. The van der Waals surface area contributed by atoms with Crippen LogP contribution in [-0.4, -0.2) is 5.91 Å². The highest BCUT2D eigenvalue weighted by Gasteiger charge is 2.44. The highest BCUT2D eigenvalue weighted by Crippen LogP contribution is 2.42. The molecule has 1 unspecified atom stereocenters. The lowest BCUT2D eigenvalue weighted by atomic mass is 9.98. The quantitative estimate of drug-likeness (QED) is 0.426. The predicted octanol–water partition coefficient (Wildman–Crippen LogP) is 5.56. The van der Waals surface area contributed by atoms with Crippen LogP contribution >= 0.6 is 0 Å². The number of hydrogen-bond donors (Lipinski definition) is 0. The van der Waals surface area contributed by atoms with Crippen molar-refractivity contribution >= 4 is 22.6 Å². The van der Waals surface area contributed by atoms with Crippen LogP contribution in [0.25, 0.3) is 11.0 Å². The van der Waals surface area contributed by atoms with E-state index in [9.17, 15) is 22.8 Å². The first-order chi connectivity index (χ1) is 14.9. The average Bonchev–Trinajstić information content (AvgIpc) is 3.07. The van der Waals surface area contributed by atoms with Gasteiger partial charge in [-0.25, -0.2) is 0 Å². The average molecular weight is 421 g/mol. The number of para-hydroxylation sites is 1. The van der Waals surface area contributed by atoms with Crippen LogP contribution in [0, 0.1) is 0 Å². The molecule has 154 valence electrons. The van der Waals surface area contributed by atoms with E-state index < -0.39 is 23.7 Å². The fourth-order valence-electron chi connectivity index (χ4n) is 3.97. The van der Waals surface area contributed by atoms with Crippen LogP contribution in [0.15, 0.2) is 88.1 Å². The molecule has 31 heavy (non-hydrogen) atoms. The van der Waals surface area contributed by atoms with Crippen molar-refractivity contribution in [3.63, 3.8) is 0 Å². The number of carbonyl (C=O) groups is 1. The number of hydrogen-bond acceptors (Lipinski definition) is 3. The second-order valence-corrected chi connectivity index (χ2v) is 7.21. The van der Waals surface area contributed by atoms with E-state index in [1.54, 1.807) is 54.6 Å². The monoisotopic (exact) mass is 421 g/mol. The number of alkyl halides is 3. The van der Waals surface area contributed by atoms with Gasteiger partial charge in [0.15, 0.2) is 5.43 Å². The standard InChI is InChI=1S/C24H14F3NO3/c25-24(26,27)15-9-6-10-16(13-15)28-20(14-7-2-1-3-8-14)19-21(29)17-11-4-5-12-18(17)31-22(19)23(28)30/h1-13,20H. The molecule has 1 aliphatic heterocycles. The third kappa shape index (κ3) is 3.01. The lowest BCUT2D eigenvalue weighted by molar-refractivity contribution is -0.137. The van der Waals surface area contributed by atoms with Crippen molar-refractivity contribution in [2.75, 3.05) is 4.90 Å². The lowest BCUT2D eigenvalue weighted by Crippen LogP contribution is -2.29. The summed E-state index contributed by atoms with van der Waals surface area (Å²) in [5.74, 6) is -0.819. The summed E-state index contributed by atoms with van der Waals surface area (Å²) in [5.41, 5.74) is -0.277. The number of benzene rings is 3. The summed E-state index contributed by atoms with van der Waals surface area (Å²) in [6, 6.07) is 18.8. The summed E-state index contributed by atoms with van der Waals surface area (Å²) in [4.78, 5) is 27.9. The van der Waals surface area contributed by atoms with Crippen molar-refractivity contribution in [2.24, 2.45) is 0 Å². The van der Waals surface area contributed by atoms with Crippen molar-refractivity contribution < 1.29 is 22.4 Å². The Morgan fingerprint density at radius 3 is 2.29 bits per heavy atom. The molecule has 7 heteroatoms. The SMILES string of the molecule is O=C1c2oc3ccccc3c(=O)c2C(c2ccccc2)N1c1cccc(C(F)(F)F)c1. The molecule has 1 atom stereocenters. The highest BCUT2D eigenvalue weighted by molar-refractivity contribution is 6.10. The Kier molecular flexibility index (Phi) is 4.22. The largest absolute Gasteiger partial charge is 0.450 e. The van der Waals surface area contributed by atoms with Gasteiger partial charge in [-0.1, -0.05) is 48.5 Å². The van der Waals surface area contributed by atoms with Crippen LogP contribution in [-0.2, 0) is 6.18 Å². The molecule has 1 aliphatic rings. The van der Waals surface area contributed by atoms with Crippen LogP contribution in [0.1, 0.15) is 33.3 Å². The van der Waals surface area contributed by atoms with Crippen LogP contribution in [0.5, 0.6) is 0 Å². The van der Waals surface area contributed by atoms with E-state index in [4.69, 9.17) is 4.42 Å². The Balaban J connectivity index is 1.79. The van der Waals surface area contributed by atoms with Gasteiger partial charge in [-0.15, -0.1) is 0 Å². The van der Waals surface area contributed by atoms with Gasteiger partial charge in [0.05, 0.1) is 22.6 Å². The number of rotatable bonds is 2. The maximum absolute atomic E-state index is 13.3. The molecular weight excluding hydrogens is 407 g/mol. The number of nitrogens with zero attached hydrogens (tertiary/aromatic N) is 1. The van der Waals surface area contributed by atoms with Crippen molar-refractivity contribution in [3.8, 4) is 0 Å². The van der Waals surface area contributed by atoms with Crippen LogP contribution in [0.2, 0.25) is 0 Å². The molecule has 3 aromatic carbocycles.